The van der Waals surface area contributed by atoms with Crippen molar-refractivity contribution in [3.63, 3.8) is 0 Å². The third-order valence-electron chi connectivity index (χ3n) is 6.86. The fraction of sp³-hybridized carbons (Fsp3) is 0.520. The van der Waals surface area contributed by atoms with Crippen molar-refractivity contribution < 1.29 is 18.9 Å². The van der Waals surface area contributed by atoms with E-state index in [1.54, 1.807) is 0 Å². The third-order valence-corrected chi connectivity index (χ3v) is 6.86. The van der Waals surface area contributed by atoms with E-state index in [0.29, 0.717) is 24.4 Å². The summed E-state index contributed by atoms with van der Waals surface area (Å²) in [6, 6.07) is 17.5. The minimum Gasteiger partial charge on any atom is -0.399 e. The standard InChI is InChI=1S/C25H30N2O4/c26-19-5-1-17(2-6-19)25(9-21-13-28-21,10-22-14-29-22)18-3-7-20(8-4-18)27(11-23-15-30-23)12-24-16-31-24/h1-8,21-24H,9-16,26H2. The van der Waals surface area contributed by atoms with Crippen LogP contribution in [0.25, 0.3) is 0 Å². The first-order chi connectivity index (χ1) is 15.2. The summed E-state index contributed by atoms with van der Waals surface area (Å²) in [5, 5.41) is 0. The monoisotopic (exact) mass is 422 g/mol. The second-order valence-electron chi connectivity index (χ2n) is 9.39. The van der Waals surface area contributed by atoms with E-state index in [1.807, 2.05) is 12.1 Å². The number of nitrogens with two attached hydrogens (primary N) is 1. The fourth-order valence-electron chi connectivity index (χ4n) is 4.79. The molecule has 2 N–H and O–H groups in total. The van der Waals surface area contributed by atoms with Crippen LogP contribution in [-0.4, -0.2) is 63.9 Å². The van der Waals surface area contributed by atoms with Crippen LogP contribution in [0.5, 0.6) is 0 Å². The summed E-state index contributed by atoms with van der Waals surface area (Å²) < 4.78 is 22.4. The third kappa shape index (κ3) is 4.58. The molecule has 0 aromatic heterocycles. The Hall–Kier alpha value is -2.12. The molecule has 2 aromatic carbocycles. The van der Waals surface area contributed by atoms with Crippen molar-refractivity contribution in [2.75, 3.05) is 50.2 Å². The van der Waals surface area contributed by atoms with Crippen LogP contribution >= 0.6 is 0 Å². The highest BCUT2D eigenvalue weighted by Crippen LogP contribution is 2.46. The molecule has 2 aromatic rings. The quantitative estimate of drug-likeness (QED) is 0.443. The summed E-state index contributed by atoms with van der Waals surface area (Å²) >= 11 is 0. The summed E-state index contributed by atoms with van der Waals surface area (Å²) in [5.41, 5.74) is 10.5. The van der Waals surface area contributed by atoms with Crippen LogP contribution in [-0.2, 0) is 24.4 Å². The zero-order valence-corrected chi connectivity index (χ0v) is 17.7. The van der Waals surface area contributed by atoms with Gasteiger partial charge in [-0.1, -0.05) is 24.3 Å². The fourth-order valence-corrected chi connectivity index (χ4v) is 4.79. The van der Waals surface area contributed by atoms with Gasteiger partial charge in [0.2, 0.25) is 0 Å². The minimum atomic E-state index is -0.140. The maximum atomic E-state index is 6.00. The Bertz CT molecular complexity index is 872. The van der Waals surface area contributed by atoms with E-state index in [4.69, 9.17) is 24.7 Å². The molecule has 31 heavy (non-hydrogen) atoms. The van der Waals surface area contributed by atoms with Crippen LogP contribution in [0.4, 0.5) is 11.4 Å². The molecule has 4 atom stereocenters. The van der Waals surface area contributed by atoms with E-state index in [-0.39, 0.29) is 5.41 Å². The van der Waals surface area contributed by atoms with Gasteiger partial charge in [-0.15, -0.1) is 0 Å². The highest BCUT2D eigenvalue weighted by atomic mass is 16.6. The Labute approximate surface area is 183 Å². The number of hydrogen-bond acceptors (Lipinski definition) is 6. The van der Waals surface area contributed by atoms with Crippen LogP contribution in [0.2, 0.25) is 0 Å². The van der Waals surface area contributed by atoms with Gasteiger partial charge in [0.1, 0.15) is 0 Å². The van der Waals surface area contributed by atoms with Gasteiger partial charge in [0, 0.05) is 29.9 Å². The molecule has 4 fully saturated rings. The molecule has 6 nitrogen and oxygen atoms in total. The molecule has 0 aliphatic carbocycles. The first kappa shape index (κ1) is 19.6. The Morgan fingerprint density at radius 1 is 0.677 bits per heavy atom. The van der Waals surface area contributed by atoms with E-state index in [0.717, 1.165) is 58.0 Å². The maximum absolute atomic E-state index is 6.00. The largest absolute Gasteiger partial charge is 0.399 e. The summed E-state index contributed by atoms with van der Waals surface area (Å²) in [5.74, 6) is 0. The average Bonchev–Trinajstić information content (AvgIpc) is 3.62. The van der Waals surface area contributed by atoms with Crippen LogP contribution in [0.15, 0.2) is 48.5 Å². The number of nitrogens with zero attached hydrogens (tertiary/aromatic N) is 1. The summed E-state index contributed by atoms with van der Waals surface area (Å²) in [7, 11) is 0. The first-order valence-electron chi connectivity index (χ1n) is 11.4. The Morgan fingerprint density at radius 3 is 1.52 bits per heavy atom. The van der Waals surface area contributed by atoms with Crippen molar-refractivity contribution in [1.82, 2.24) is 0 Å². The number of rotatable bonds is 11. The zero-order chi connectivity index (χ0) is 20.8. The smallest absolute Gasteiger partial charge is 0.0984 e. The molecule has 0 saturated carbocycles. The predicted octanol–water partition coefficient (Wildman–Crippen LogP) is 2.74. The second-order valence-corrected chi connectivity index (χ2v) is 9.39. The Morgan fingerprint density at radius 2 is 1.10 bits per heavy atom. The average molecular weight is 423 g/mol. The number of hydrogen-bond donors (Lipinski definition) is 1. The normalized spacial score (nSPS) is 29.8. The lowest BCUT2D eigenvalue weighted by atomic mass is 9.68. The molecule has 0 bridgehead atoms. The molecule has 4 heterocycles. The van der Waals surface area contributed by atoms with E-state index < -0.39 is 0 Å². The van der Waals surface area contributed by atoms with E-state index in [2.05, 4.69) is 41.3 Å². The Kier molecular flexibility index (Phi) is 4.91. The maximum Gasteiger partial charge on any atom is 0.0984 e. The van der Waals surface area contributed by atoms with Crippen molar-refractivity contribution in [1.29, 1.82) is 0 Å². The van der Waals surface area contributed by atoms with Gasteiger partial charge in [0.15, 0.2) is 0 Å². The van der Waals surface area contributed by atoms with Crippen molar-refractivity contribution in [2.45, 2.75) is 42.7 Å². The van der Waals surface area contributed by atoms with Crippen molar-refractivity contribution in [3.8, 4) is 0 Å². The Balaban J connectivity index is 1.33. The summed E-state index contributed by atoms with van der Waals surface area (Å²) in [6.07, 6.45) is 3.26. The van der Waals surface area contributed by atoms with Crippen molar-refractivity contribution >= 4 is 11.4 Å². The zero-order valence-electron chi connectivity index (χ0n) is 17.7. The van der Waals surface area contributed by atoms with Gasteiger partial charge < -0.3 is 29.6 Å². The number of epoxide rings is 4. The van der Waals surface area contributed by atoms with E-state index in [1.165, 1.54) is 16.8 Å². The molecule has 6 rings (SSSR count). The second kappa shape index (κ2) is 7.78. The van der Waals surface area contributed by atoms with E-state index in [9.17, 15) is 0 Å². The lowest BCUT2D eigenvalue weighted by Crippen LogP contribution is -2.33. The number of anilines is 2. The molecule has 0 spiro atoms. The number of benzene rings is 2. The predicted molar refractivity (Wildman–Crippen MR) is 118 cm³/mol. The number of nitrogen functional groups attached to an aromatic ring is 1. The van der Waals surface area contributed by atoms with Gasteiger partial charge in [-0.3, -0.25) is 0 Å². The SMILES string of the molecule is Nc1ccc(C(CC2CO2)(CC2CO2)c2ccc(N(CC3CO3)CC3CO3)cc2)cc1. The molecule has 0 radical (unpaired) electrons. The minimum absolute atomic E-state index is 0.140. The van der Waals surface area contributed by atoms with Gasteiger partial charge in [-0.25, -0.2) is 0 Å². The lowest BCUT2D eigenvalue weighted by molar-refractivity contribution is 0.300. The van der Waals surface area contributed by atoms with Crippen LogP contribution in [0.3, 0.4) is 0 Å². The van der Waals surface area contributed by atoms with Crippen molar-refractivity contribution in [3.05, 3.63) is 59.7 Å². The molecule has 4 unspecified atom stereocenters. The summed E-state index contributed by atoms with van der Waals surface area (Å²) in [4.78, 5) is 2.40. The molecule has 4 aliphatic rings. The molecule has 0 amide bonds. The van der Waals surface area contributed by atoms with Gasteiger partial charge in [0.25, 0.3) is 0 Å². The molecule has 164 valence electrons. The van der Waals surface area contributed by atoms with E-state index >= 15 is 0 Å². The van der Waals surface area contributed by atoms with Gasteiger partial charge in [-0.05, 0) is 48.2 Å². The molecule has 4 saturated heterocycles. The van der Waals surface area contributed by atoms with Crippen LogP contribution < -0.4 is 10.6 Å². The highest BCUT2D eigenvalue weighted by Gasteiger charge is 2.45. The topological polar surface area (TPSA) is 79.4 Å². The van der Waals surface area contributed by atoms with Crippen LogP contribution in [0.1, 0.15) is 24.0 Å². The lowest BCUT2D eigenvalue weighted by Gasteiger charge is -2.35. The van der Waals surface area contributed by atoms with Gasteiger partial charge >= 0.3 is 0 Å². The highest BCUT2D eigenvalue weighted by molar-refractivity contribution is 5.53. The molecule has 6 heteroatoms. The molecular formula is C25H30N2O4. The summed E-state index contributed by atoms with van der Waals surface area (Å²) in [6.45, 7) is 5.27. The first-order valence-corrected chi connectivity index (χ1v) is 11.4. The van der Waals surface area contributed by atoms with Crippen molar-refractivity contribution in [2.24, 2.45) is 0 Å². The molecule has 4 aliphatic heterocycles. The van der Waals surface area contributed by atoms with Gasteiger partial charge in [-0.2, -0.15) is 0 Å². The van der Waals surface area contributed by atoms with Crippen LogP contribution in [0, 0.1) is 0 Å². The number of ether oxygens (including phenoxy) is 4. The van der Waals surface area contributed by atoms with Gasteiger partial charge in [0.05, 0.1) is 50.8 Å². The molecular weight excluding hydrogens is 392 g/mol.